The Balaban J connectivity index is 1.62. The Hall–Kier alpha value is -1.54. The number of aliphatic hydroxyl groups excluding tert-OH is 1. The van der Waals surface area contributed by atoms with Gasteiger partial charge in [-0.15, -0.1) is 0 Å². The van der Waals surface area contributed by atoms with Gasteiger partial charge >= 0.3 is 0 Å². The number of nitrogens with zero attached hydrogens (tertiary/aromatic N) is 3. The van der Waals surface area contributed by atoms with Crippen LogP contribution in [0.4, 0.5) is 0 Å². The predicted octanol–water partition coefficient (Wildman–Crippen LogP) is 4.39. The first-order valence-corrected chi connectivity index (χ1v) is 14.4. The number of hydrogen-bond acceptors (Lipinski definition) is 5. The molecular weight excluding hydrogens is 382 g/mol. The molecule has 0 amide bonds. The highest BCUT2D eigenvalue weighted by Crippen LogP contribution is 2.27. The Morgan fingerprint density at radius 3 is 2.69 bits per heavy atom. The van der Waals surface area contributed by atoms with Crippen molar-refractivity contribution >= 4 is 8.07 Å². The molecular formula is C22H35N3O3Si. The monoisotopic (exact) mass is 417 g/mol. The summed E-state index contributed by atoms with van der Waals surface area (Å²) in [6.07, 6.45) is 7.33. The van der Waals surface area contributed by atoms with Gasteiger partial charge in [0.05, 0.1) is 30.2 Å². The molecule has 0 saturated heterocycles. The smallest absolute Gasteiger partial charge is 0.139 e. The van der Waals surface area contributed by atoms with Gasteiger partial charge in [0.2, 0.25) is 0 Å². The quantitative estimate of drug-likeness (QED) is 0.484. The Morgan fingerprint density at radius 1 is 1.21 bits per heavy atom. The summed E-state index contributed by atoms with van der Waals surface area (Å²) in [6.45, 7) is 10.9. The summed E-state index contributed by atoms with van der Waals surface area (Å²) >= 11 is 0. The van der Waals surface area contributed by atoms with Gasteiger partial charge in [-0.3, -0.25) is 4.98 Å². The average molecular weight is 418 g/mol. The third-order valence-corrected chi connectivity index (χ3v) is 7.11. The van der Waals surface area contributed by atoms with Crippen molar-refractivity contribution in [3.63, 3.8) is 0 Å². The van der Waals surface area contributed by atoms with E-state index in [0.717, 1.165) is 60.8 Å². The van der Waals surface area contributed by atoms with Crippen molar-refractivity contribution in [1.29, 1.82) is 0 Å². The van der Waals surface area contributed by atoms with Crippen LogP contribution >= 0.6 is 0 Å². The van der Waals surface area contributed by atoms with Gasteiger partial charge in [0.15, 0.2) is 0 Å². The molecule has 1 saturated carbocycles. The molecule has 1 N–H and O–H groups in total. The van der Waals surface area contributed by atoms with Crippen LogP contribution < -0.4 is 0 Å². The molecule has 0 radical (unpaired) electrons. The maximum atomic E-state index is 9.67. The van der Waals surface area contributed by atoms with Crippen molar-refractivity contribution in [3.05, 3.63) is 35.8 Å². The fourth-order valence-corrected chi connectivity index (χ4v) is 4.32. The highest BCUT2D eigenvalue weighted by Gasteiger charge is 2.21. The highest BCUT2D eigenvalue weighted by atomic mass is 28.3. The van der Waals surface area contributed by atoms with E-state index < -0.39 is 8.07 Å². The third kappa shape index (κ3) is 6.74. The molecule has 2 aromatic heterocycles. The second-order valence-corrected chi connectivity index (χ2v) is 14.9. The van der Waals surface area contributed by atoms with Gasteiger partial charge in [-0.05, 0) is 56.3 Å². The van der Waals surface area contributed by atoms with E-state index in [-0.39, 0.29) is 12.2 Å². The van der Waals surface area contributed by atoms with E-state index in [0.29, 0.717) is 13.3 Å². The number of aromatic nitrogens is 3. The van der Waals surface area contributed by atoms with Gasteiger partial charge in [-0.1, -0.05) is 19.6 Å². The molecule has 0 atom stereocenters. The second kappa shape index (κ2) is 9.98. The molecule has 0 aliphatic heterocycles. The summed E-state index contributed by atoms with van der Waals surface area (Å²) in [4.78, 5) is 4.56. The predicted molar refractivity (Wildman–Crippen MR) is 117 cm³/mol. The lowest BCUT2D eigenvalue weighted by Gasteiger charge is -2.25. The highest BCUT2D eigenvalue weighted by molar-refractivity contribution is 6.76. The van der Waals surface area contributed by atoms with E-state index in [1.165, 1.54) is 0 Å². The van der Waals surface area contributed by atoms with Crippen LogP contribution in [0.25, 0.3) is 11.3 Å². The maximum absolute atomic E-state index is 9.67. The first-order valence-electron chi connectivity index (χ1n) is 10.7. The van der Waals surface area contributed by atoms with Gasteiger partial charge in [-0.2, -0.15) is 5.10 Å². The normalized spacial score (nSPS) is 20.2. The van der Waals surface area contributed by atoms with Crippen LogP contribution in [0.2, 0.25) is 25.7 Å². The number of aliphatic hydroxyl groups is 1. The fraction of sp³-hybridized carbons (Fsp3) is 0.636. The van der Waals surface area contributed by atoms with E-state index in [1.807, 2.05) is 16.9 Å². The molecule has 6 nitrogen and oxygen atoms in total. The van der Waals surface area contributed by atoms with Crippen LogP contribution in [-0.2, 0) is 22.8 Å². The Morgan fingerprint density at radius 2 is 1.97 bits per heavy atom. The van der Waals surface area contributed by atoms with E-state index in [4.69, 9.17) is 14.6 Å². The lowest BCUT2D eigenvalue weighted by Crippen LogP contribution is -2.24. The summed E-state index contributed by atoms with van der Waals surface area (Å²) in [6, 6.07) is 5.16. The van der Waals surface area contributed by atoms with E-state index in [1.54, 1.807) is 6.20 Å². The zero-order chi connectivity index (χ0) is 20.9. The molecule has 29 heavy (non-hydrogen) atoms. The van der Waals surface area contributed by atoms with Gasteiger partial charge < -0.3 is 14.6 Å². The zero-order valence-electron chi connectivity index (χ0n) is 18.2. The van der Waals surface area contributed by atoms with Gasteiger partial charge in [0, 0.05) is 32.6 Å². The minimum absolute atomic E-state index is 0.167. The number of ether oxygens (including phenoxy) is 2. The van der Waals surface area contributed by atoms with E-state index in [9.17, 15) is 5.11 Å². The summed E-state index contributed by atoms with van der Waals surface area (Å²) < 4.78 is 13.8. The molecule has 2 heterocycles. The molecule has 7 heteroatoms. The molecule has 160 valence electrons. The summed E-state index contributed by atoms with van der Waals surface area (Å²) in [7, 11) is -1.08. The van der Waals surface area contributed by atoms with Gasteiger partial charge in [0.1, 0.15) is 6.73 Å². The van der Waals surface area contributed by atoms with Crippen LogP contribution in [-0.4, -0.2) is 46.8 Å². The lowest BCUT2D eigenvalue weighted by atomic mass is 9.95. The number of rotatable bonds is 9. The van der Waals surface area contributed by atoms with Crippen molar-refractivity contribution in [2.75, 3.05) is 6.61 Å². The minimum Gasteiger partial charge on any atom is -0.393 e. The topological polar surface area (TPSA) is 69.4 Å². The largest absolute Gasteiger partial charge is 0.393 e. The van der Waals surface area contributed by atoms with Crippen LogP contribution in [0.1, 0.15) is 36.9 Å². The molecule has 3 rings (SSSR count). The van der Waals surface area contributed by atoms with Gasteiger partial charge in [0.25, 0.3) is 0 Å². The summed E-state index contributed by atoms with van der Waals surface area (Å²) in [5.41, 5.74) is 3.96. The van der Waals surface area contributed by atoms with Crippen LogP contribution in [0.5, 0.6) is 0 Å². The van der Waals surface area contributed by atoms with Crippen molar-refractivity contribution in [2.45, 2.75) is 83.8 Å². The lowest BCUT2D eigenvalue weighted by molar-refractivity contribution is -0.0128. The molecule has 0 aromatic carbocycles. The average Bonchev–Trinajstić information content (AvgIpc) is 3.05. The molecule has 1 aliphatic rings. The van der Waals surface area contributed by atoms with E-state index >= 15 is 0 Å². The Labute approximate surface area is 175 Å². The minimum atomic E-state index is -1.08. The first-order chi connectivity index (χ1) is 13.8. The second-order valence-electron chi connectivity index (χ2n) is 9.29. The summed E-state index contributed by atoms with van der Waals surface area (Å²) in [5, 5.41) is 14.4. The molecule has 1 fully saturated rings. The number of pyridine rings is 1. The SMILES string of the molecule is Cc1cn(COCC[Si](C)(C)C)nc1-c1cccnc1COC1CCC(O)CC1. The molecule has 0 spiro atoms. The third-order valence-electron chi connectivity index (χ3n) is 5.41. The van der Waals surface area contributed by atoms with Crippen molar-refractivity contribution in [2.24, 2.45) is 0 Å². The summed E-state index contributed by atoms with van der Waals surface area (Å²) in [5.74, 6) is 0. The standard InChI is InChI=1S/C22H35N3O3Si/c1-17-14-25(16-27-12-13-29(2,3)4)24-22(17)20-6-5-11-23-21(20)15-28-19-9-7-18(26)8-10-19/h5-6,11,14,18-19,26H,7-10,12-13,15-16H2,1-4H3. The number of hydrogen-bond donors (Lipinski definition) is 1. The first kappa shape index (κ1) is 22.1. The zero-order valence-corrected chi connectivity index (χ0v) is 19.2. The van der Waals surface area contributed by atoms with Gasteiger partial charge in [-0.25, -0.2) is 4.68 Å². The number of aryl methyl sites for hydroxylation is 1. The molecule has 1 aliphatic carbocycles. The Bertz CT molecular complexity index is 780. The van der Waals surface area contributed by atoms with Crippen LogP contribution in [0, 0.1) is 6.92 Å². The Kier molecular flexibility index (Phi) is 7.62. The van der Waals surface area contributed by atoms with Crippen LogP contribution in [0.15, 0.2) is 24.5 Å². The van der Waals surface area contributed by atoms with Crippen molar-refractivity contribution < 1.29 is 14.6 Å². The fourth-order valence-electron chi connectivity index (χ4n) is 3.57. The maximum Gasteiger partial charge on any atom is 0.139 e. The molecule has 0 bridgehead atoms. The molecule has 0 unspecified atom stereocenters. The van der Waals surface area contributed by atoms with Crippen LogP contribution in [0.3, 0.4) is 0 Å². The van der Waals surface area contributed by atoms with Crippen molar-refractivity contribution in [1.82, 2.24) is 14.8 Å². The van der Waals surface area contributed by atoms with Crippen molar-refractivity contribution in [3.8, 4) is 11.3 Å². The van der Waals surface area contributed by atoms with E-state index in [2.05, 4.69) is 37.6 Å². The molecule has 2 aromatic rings.